The van der Waals surface area contributed by atoms with Crippen molar-refractivity contribution in [1.82, 2.24) is 0 Å². The average molecular weight is 378 g/mol. The molecular formula is C21H18N2O5. The van der Waals surface area contributed by atoms with E-state index in [0.717, 1.165) is 5.56 Å². The summed E-state index contributed by atoms with van der Waals surface area (Å²) < 4.78 is 10.0. The van der Waals surface area contributed by atoms with E-state index in [0.29, 0.717) is 22.7 Å². The third kappa shape index (κ3) is 4.64. The number of hydrogen-bond donors (Lipinski definition) is 2. The lowest BCUT2D eigenvalue weighted by Crippen LogP contribution is -2.16. The van der Waals surface area contributed by atoms with Gasteiger partial charge in [0, 0.05) is 12.5 Å². The Morgan fingerprint density at radius 1 is 0.893 bits per heavy atom. The van der Waals surface area contributed by atoms with Gasteiger partial charge in [0.15, 0.2) is 5.76 Å². The molecule has 0 bridgehead atoms. The van der Waals surface area contributed by atoms with Gasteiger partial charge in [-0.1, -0.05) is 6.07 Å². The molecule has 0 saturated carbocycles. The zero-order valence-corrected chi connectivity index (χ0v) is 15.3. The molecule has 142 valence electrons. The molecule has 3 aromatic rings. The Labute approximate surface area is 161 Å². The van der Waals surface area contributed by atoms with Crippen molar-refractivity contribution in [1.29, 1.82) is 0 Å². The summed E-state index contributed by atoms with van der Waals surface area (Å²) in [5, 5.41) is 5.51. The first kappa shape index (κ1) is 18.9. The molecule has 2 aromatic carbocycles. The number of amides is 2. The molecule has 0 aliphatic heterocycles. The first-order valence-corrected chi connectivity index (χ1v) is 8.48. The molecule has 28 heavy (non-hydrogen) atoms. The molecule has 0 spiro atoms. The van der Waals surface area contributed by atoms with Gasteiger partial charge in [-0.3, -0.25) is 14.4 Å². The van der Waals surface area contributed by atoms with E-state index in [-0.39, 0.29) is 11.7 Å². The molecular weight excluding hydrogens is 360 g/mol. The molecule has 0 saturated heterocycles. The van der Waals surface area contributed by atoms with Crippen LogP contribution in [0.5, 0.6) is 5.75 Å². The molecule has 0 unspecified atom stereocenters. The van der Waals surface area contributed by atoms with E-state index in [4.69, 9.17) is 9.15 Å². The minimum Gasteiger partial charge on any atom is -0.459 e. The number of rotatable bonds is 5. The lowest BCUT2D eigenvalue weighted by molar-refractivity contribution is -0.131. The highest BCUT2D eigenvalue weighted by atomic mass is 16.5. The van der Waals surface area contributed by atoms with Gasteiger partial charge in [0.25, 0.3) is 11.8 Å². The Balaban J connectivity index is 1.77. The van der Waals surface area contributed by atoms with Crippen molar-refractivity contribution in [3.05, 3.63) is 77.7 Å². The molecule has 3 rings (SSSR count). The summed E-state index contributed by atoms with van der Waals surface area (Å²) in [5.74, 6) is -0.706. The number of hydrogen-bond acceptors (Lipinski definition) is 5. The third-order valence-corrected chi connectivity index (χ3v) is 3.79. The summed E-state index contributed by atoms with van der Waals surface area (Å²) in [5.41, 5.74) is 2.18. The predicted octanol–water partition coefficient (Wildman–Crippen LogP) is 4.02. The topological polar surface area (TPSA) is 97.6 Å². The van der Waals surface area contributed by atoms with Crippen LogP contribution in [0.2, 0.25) is 0 Å². The van der Waals surface area contributed by atoms with Gasteiger partial charge in [-0.05, 0) is 61.0 Å². The van der Waals surface area contributed by atoms with Gasteiger partial charge in [0.1, 0.15) is 5.75 Å². The van der Waals surface area contributed by atoms with Crippen LogP contribution < -0.4 is 15.4 Å². The van der Waals surface area contributed by atoms with Crippen LogP contribution in [0.15, 0.2) is 65.3 Å². The molecule has 0 radical (unpaired) electrons. The van der Waals surface area contributed by atoms with E-state index in [1.54, 1.807) is 36.4 Å². The largest absolute Gasteiger partial charge is 0.459 e. The predicted molar refractivity (Wildman–Crippen MR) is 104 cm³/mol. The number of aryl methyl sites for hydroxylation is 1. The molecule has 7 heteroatoms. The number of ether oxygens (including phenoxy) is 1. The highest BCUT2D eigenvalue weighted by Crippen LogP contribution is 2.25. The number of furan rings is 1. The van der Waals surface area contributed by atoms with Gasteiger partial charge >= 0.3 is 5.97 Å². The van der Waals surface area contributed by atoms with Crippen LogP contribution in [0.25, 0.3) is 0 Å². The monoisotopic (exact) mass is 378 g/mol. The second-order valence-electron chi connectivity index (χ2n) is 6.05. The number of esters is 1. The van der Waals surface area contributed by atoms with Gasteiger partial charge < -0.3 is 19.8 Å². The first-order chi connectivity index (χ1) is 13.4. The van der Waals surface area contributed by atoms with Crippen molar-refractivity contribution in [2.45, 2.75) is 13.8 Å². The lowest BCUT2D eigenvalue weighted by Gasteiger charge is -2.13. The number of carbonyl (C=O) groups excluding carboxylic acids is 3. The second-order valence-corrected chi connectivity index (χ2v) is 6.05. The average Bonchev–Trinajstić information content (AvgIpc) is 3.19. The van der Waals surface area contributed by atoms with Crippen LogP contribution in [-0.2, 0) is 4.79 Å². The van der Waals surface area contributed by atoms with E-state index in [2.05, 4.69) is 10.6 Å². The summed E-state index contributed by atoms with van der Waals surface area (Å²) in [6, 6.07) is 14.6. The second kappa shape index (κ2) is 8.22. The Kier molecular flexibility index (Phi) is 5.55. The Hall–Kier alpha value is -3.87. The summed E-state index contributed by atoms with van der Waals surface area (Å²) in [4.78, 5) is 35.8. The van der Waals surface area contributed by atoms with Crippen LogP contribution >= 0.6 is 0 Å². The van der Waals surface area contributed by atoms with Gasteiger partial charge in [0.05, 0.1) is 17.6 Å². The highest BCUT2D eigenvalue weighted by molar-refractivity contribution is 6.09. The zero-order chi connectivity index (χ0) is 20.1. The van der Waals surface area contributed by atoms with Crippen molar-refractivity contribution in [3.63, 3.8) is 0 Å². The maximum absolute atomic E-state index is 12.6. The summed E-state index contributed by atoms with van der Waals surface area (Å²) in [6.07, 6.45) is 1.41. The first-order valence-electron chi connectivity index (χ1n) is 8.48. The normalized spacial score (nSPS) is 10.2. The number of benzene rings is 2. The third-order valence-electron chi connectivity index (χ3n) is 3.79. The minimum absolute atomic E-state index is 0.166. The minimum atomic E-state index is -0.436. The maximum Gasteiger partial charge on any atom is 0.308 e. The molecule has 1 aromatic heterocycles. The fourth-order valence-corrected chi connectivity index (χ4v) is 2.50. The molecule has 0 fully saturated rings. The number of carbonyl (C=O) groups is 3. The molecule has 2 N–H and O–H groups in total. The molecule has 1 heterocycles. The Morgan fingerprint density at radius 3 is 2.25 bits per heavy atom. The van der Waals surface area contributed by atoms with E-state index in [9.17, 15) is 14.4 Å². The van der Waals surface area contributed by atoms with Gasteiger partial charge in [0.2, 0.25) is 0 Å². The fourth-order valence-electron chi connectivity index (χ4n) is 2.50. The van der Waals surface area contributed by atoms with E-state index in [1.165, 1.54) is 25.3 Å². The Bertz CT molecular complexity index is 1010. The quantitative estimate of drug-likeness (QED) is 0.516. The lowest BCUT2D eigenvalue weighted by atomic mass is 10.1. The Morgan fingerprint density at radius 2 is 1.61 bits per heavy atom. The highest BCUT2D eigenvalue weighted by Gasteiger charge is 2.14. The van der Waals surface area contributed by atoms with Crippen molar-refractivity contribution in [2.75, 3.05) is 10.6 Å². The SMILES string of the molecule is CC(=O)Oc1ccc(C(=O)Nc2cc(C)ccc2NC(=O)c2ccco2)cc1. The van der Waals surface area contributed by atoms with Crippen molar-refractivity contribution >= 4 is 29.2 Å². The van der Waals surface area contributed by atoms with Crippen molar-refractivity contribution in [3.8, 4) is 5.75 Å². The van der Waals surface area contributed by atoms with Gasteiger partial charge in [-0.2, -0.15) is 0 Å². The molecule has 0 atom stereocenters. The standard InChI is InChI=1S/C21H18N2O5/c1-13-5-10-17(22-21(26)19-4-3-11-27-19)18(12-13)23-20(25)15-6-8-16(9-7-15)28-14(2)24/h3-12H,1-2H3,(H,22,26)(H,23,25). The molecule has 0 aliphatic rings. The fraction of sp³-hybridized carbons (Fsp3) is 0.0952. The number of nitrogens with one attached hydrogen (secondary N) is 2. The van der Waals surface area contributed by atoms with Gasteiger partial charge in [-0.25, -0.2) is 0 Å². The van der Waals surface area contributed by atoms with Crippen LogP contribution in [0.1, 0.15) is 33.4 Å². The van der Waals surface area contributed by atoms with E-state index in [1.807, 2.05) is 13.0 Å². The number of anilines is 2. The van der Waals surface area contributed by atoms with Crippen LogP contribution in [0, 0.1) is 6.92 Å². The summed E-state index contributed by atoms with van der Waals surface area (Å²) in [7, 11) is 0. The smallest absolute Gasteiger partial charge is 0.308 e. The van der Waals surface area contributed by atoms with Crippen LogP contribution in [0.4, 0.5) is 11.4 Å². The van der Waals surface area contributed by atoms with Crippen molar-refractivity contribution < 1.29 is 23.5 Å². The van der Waals surface area contributed by atoms with Crippen LogP contribution in [0.3, 0.4) is 0 Å². The maximum atomic E-state index is 12.6. The van der Waals surface area contributed by atoms with Gasteiger partial charge in [-0.15, -0.1) is 0 Å². The molecule has 0 aliphatic carbocycles. The molecule has 7 nitrogen and oxygen atoms in total. The zero-order valence-electron chi connectivity index (χ0n) is 15.3. The molecule has 2 amide bonds. The summed E-state index contributed by atoms with van der Waals surface area (Å²) >= 11 is 0. The van der Waals surface area contributed by atoms with E-state index >= 15 is 0 Å². The van der Waals surface area contributed by atoms with Crippen molar-refractivity contribution in [2.24, 2.45) is 0 Å². The summed E-state index contributed by atoms with van der Waals surface area (Å²) in [6.45, 7) is 3.18. The van der Waals surface area contributed by atoms with E-state index < -0.39 is 11.9 Å². The van der Waals surface area contributed by atoms with Crippen LogP contribution in [-0.4, -0.2) is 17.8 Å².